The van der Waals surface area contributed by atoms with Crippen molar-refractivity contribution >= 4 is 22.9 Å². The number of ether oxygens (including phenoxy) is 1. The number of hydrogen-bond acceptors (Lipinski definition) is 7. The number of hydrogen-bond donors (Lipinski definition) is 1. The largest absolute Gasteiger partial charge is 0.381 e. The molecule has 170 valence electrons. The highest BCUT2D eigenvalue weighted by Crippen LogP contribution is 2.29. The first-order chi connectivity index (χ1) is 15.6. The molecule has 2 saturated heterocycles. The van der Waals surface area contributed by atoms with Crippen LogP contribution in [0.2, 0.25) is 0 Å². The molecular weight excluding hydrogens is 408 g/mol. The van der Waals surface area contributed by atoms with E-state index in [0.717, 1.165) is 60.6 Å². The zero-order valence-electron chi connectivity index (χ0n) is 18.9. The molecule has 32 heavy (non-hydrogen) atoms. The molecule has 3 aromatic heterocycles. The van der Waals surface area contributed by atoms with E-state index < -0.39 is 0 Å². The first-order valence-electron chi connectivity index (χ1n) is 11.4. The van der Waals surface area contributed by atoms with E-state index in [1.165, 1.54) is 0 Å². The van der Waals surface area contributed by atoms with Gasteiger partial charge in [0.25, 0.3) is 0 Å². The molecule has 1 atom stereocenters. The monoisotopic (exact) mass is 438 g/mol. The highest BCUT2D eigenvalue weighted by atomic mass is 16.5. The van der Waals surface area contributed by atoms with Crippen molar-refractivity contribution in [1.82, 2.24) is 34.2 Å². The van der Waals surface area contributed by atoms with Crippen molar-refractivity contribution < 1.29 is 9.53 Å². The van der Waals surface area contributed by atoms with Crippen LogP contribution in [-0.2, 0) is 23.1 Å². The summed E-state index contributed by atoms with van der Waals surface area (Å²) in [6.07, 6.45) is 5.97. The van der Waals surface area contributed by atoms with Crippen molar-refractivity contribution in [2.24, 2.45) is 13.0 Å². The Morgan fingerprint density at radius 2 is 2.06 bits per heavy atom. The van der Waals surface area contributed by atoms with Gasteiger partial charge in [-0.15, -0.1) is 0 Å². The lowest BCUT2D eigenvalue weighted by molar-refractivity contribution is -0.137. The number of amides is 1. The SMILES string of the molecule is CCn1ncc(-c2nc3c(N[C@H]4CCN(C(=O)C5CCOCC5)C4)ncnc3n2C)c1C. The zero-order valence-corrected chi connectivity index (χ0v) is 18.9. The van der Waals surface area contributed by atoms with Crippen LogP contribution in [0.4, 0.5) is 5.82 Å². The lowest BCUT2D eigenvalue weighted by atomic mass is 9.99. The summed E-state index contributed by atoms with van der Waals surface area (Å²) in [6, 6.07) is 0.145. The normalized spacial score (nSPS) is 19.7. The lowest BCUT2D eigenvalue weighted by Crippen LogP contribution is -2.38. The Hall–Kier alpha value is -3.01. The third-order valence-electron chi connectivity index (χ3n) is 6.71. The van der Waals surface area contributed by atoms with Gasteiger partial charge in [-0.25, -0.2) is 15.0 Å². The van der Waals surface area contributed by atoms with Crippen LogP contribution < -0.4 is 5.32 Å². The van der Waals surface area contributed by atoms with Gasteiger partial charge in [-0.05, 0) is 33.1 Å². The Bertz CT molecular complexity index is 1130. The predicted octanol–water partition coefficient (Wildman–Crippen LogP) is 1.99. The molecule has 10 heteroatoms. The van der Waals surface area contributed by atoms with Crippen LogP contribution in [0.15, 0.2) is 12.5 Å². The number of aryl methyl sites for hydroxylation is 2. The van der Waals surface area contributed by atoms with E-state index in [1.807, 2.05) is 27.4 Å². The molecule has 2 fully saturated rings. The number of imidazole rings is 1. The fourth-order valence-corrected chi connectivity index (χ4v) is 4.80. The summed E-state index contributed by atoms with van der Waals surface area (Å²) in [6.45, 7) is 7.76. The number of likely N-dealkylation sites (tertiary alicyclic amines) is 1. The first kappa shape index (κ1) is 20.9. The number of fused-ring (bicyclic) bond motifs is 1. The Balaban J connectivity index is 1.36. The number of aromatic nitrogens is 6. The second kappa shape index (κ2) is 8.50. The van der Waals surface area contributed by atoms with Crippen LogP contribution in [0.5, 0.6) is 0 Å². The molecule has 2 aliphatic heterocycles. The Morgan fingerprint density at radius 3 is 2.81 bits per heavy atom. The summed E-state index contributed by atoms with van der Waals surface area (Å²) >= 11 is 0. The number of anilines is 1. The van der Waals surface area contributed by atoms with Gasteiger partial charge in [-0.1, -0.05) is 0 Å². The van der Waals surface area contributed by atoms with Crippen molar-refractivity contribution in [3.8, 4) is 11.4 Å². The molecular formula is C22H30N8O2. The fourth-order valence-electron chi connectivity index (χ4n) is 4.80. The van der Waals surface area contributed by atoms with E-state index in [-0.39, 0.29) is 17.9 Å². The molecule has 0 spiro atoms. The molecule has 0 aromatic carbocycles. The zero-order chi connectivity index (χ0) is 22.2. The number of nitrogens with one attached hydrogen (secondary N) is 1. The molecule has 0 unspecified atom stereocenters. The lowest BCUT2D eigenvalue weighted by Gasteiger charge is -2.26. The average Bonchev–Trinajstić information content (AvgIpc) is 3.52. The third kappa shape index (κ3) is 3.62. The van der Waals surface area contributed by atoms with Crippen LogP contribution in [0.3, 0.4) is 0 Å². The van der Waals surface area contributed by atoms with Gasteiger partial charge < -0.3 is 19.5 Å². The number of nitrogens with zero attached hydrogens (tertiary/aromatic N) is 7. The van der Waals surface area contributed by atoms with E-state index in [2.05, 4.69) is 34.2 Å². The van der Waals surface area contributed by atoms with Crippen molar-refractivity contribution in [1.29, 1.82) is 0 Å². The first-order valence-corrected chi connectivity index (χ1v) is 11.4. The summed E-state index contributed by atoms with van der Waals surface area (Å²) in [5, 5.41) is 7.99. The molecule has 0 saturated carbocycles. The van der Waals surface area contributed by atoms with Gasteiger partial charge in [-0.2, -0.15) is 5.10 Å². The smallest absolute Gasteiger partial charge is 0.225 e. The Kier molecular flexibility index (Phi) is 5.54. The van der Waals surface area contributed by atoms with Crippen LogP contribution in [-0.4, -0.2) is 72.5 Å². The van der Waals surface area contributed by atoms with Crippen molar-refractivity contribution in [3.05, 3.63) is 18.2 Å². The van der Waals surface area contributed by atoms with Crippen LogP contribution >= 0.6 is 0 Å². The second-order valence-electron chi connectivity index (χ2n) is 8.65. The standard InChI is InChI=1S/C22H30N8O2/c1-4-30-14(2)17(11-25-30)20-27-18-19(23-13-24-21(18)28(20)3)26-16-5-8-29(12-16)22(31)15-6-9-32-10-7-15/h11,13,15-16H,4-10,12H2,1-3H3,(H,23,24,26)/t16-/m0/s1. The molecule has 1 amide bonds. The maximum Gasteiger partial charge on any atom is 0.225 e. The molecule has 3 aromatic rings. The van der Waals surface area contributed by atoms with Crippen LogP contribution in [0.25, 0.3) is 22.6 Å². The summed E-state index contributed by atoms with van der Waals surface area (Å²) < 4.78 is 9.35. The van der Waals surface area contributed by atoms with E-state index >= 15 is 0 Å². The average molecular weight is 439 g/mol. The summed E-state index contributed by atoms with van der Waals surface area (Å²) in [7, 11) is 1.97. The Morgan fingerprint density at radius 1 is 1.25 bits per heavy atom. The van der Waals surface area contributed by atoms with Gasteiger partial charge in [0.15, 0.2) is 17.0 Å². The third-order valence-corrected chi connectivity index (χ3v) is 6.71. The summed E-state index contributed by atoms with van der Waals surface area (Å²) in [5.41, 5.74) is 3.58. The van der Waals surface area contributed by atoms with Gasteiger partial charge >= 0.3 is 0 Å². The van der Waals surface area contributed by atoms with Gasteiger partial charge in [0.05, 0.1) is 11.8 Å². The summed E-state index contributed by atoms with van der Waals surface area (Å²) in [5.74, 6) is 1.89. The van der Waals surface area contributed by atoms with Crippen molar-refractivity contribution in [3.63, 3.8) is 0 Å². The van der Waals surface area contributed by atoms with Crippen LogP contribution in [0, 0.1) is 12.8 Å². The molecule has 2 aliphatic rings. The molecule has 0 aliphatic carbocycles. The highest BCUT2D eigenvalue weighted by Gasteiger charge is 2.32. The van der Waals surface area contributed by atoms with E-state index in [4.69, 9.17) is 9.72 Å². The maximum absolute atomic E-state index is 12.9. The number of carbonyl (C=O) groups excluding carboxylic acids is 1. The fraction of sp³-hybridized carbons (Fsp3) is 0.591. The highest BCUT2D eigenvalue weighted by molar-refractivity contribution is 5.86. The van der Waals surface area contributed by atoms with E-state index in [1.54, 1.807) is 6.33 Å². The van der Waals surface area contributed by atoms with E-state index in [9.17, 15) is 4.79 Å². The minimum Gasteiger partial charge on any atom is -0.381 e. The molecule has 10 nitrogen and oxygen atoms in total. The van der Waals surface area contributed by atoms with Crippen LogP contribution in [0.1, 0.15) is 31.9 Å². The predicted molar refractivity (Wildman–Crippen MR) is 120 cm³/mol. The minimum absolute atomic E-state index is 0.0962. The molecule has 0 radical (unpaired) electrons. The van der Waals surface area contributed by atoms with Gasteiger partial charge in [0.2, 0.25) is 5.91 Å². The summed E-state index contributed by atoms with van der Waals surface area (Å²) in [4.78, 5) is 28.7. The molecule has 5 heterocycles. The minimum atomic E-state index is 0.0962. The number of carbonyl (C=O) groups is 1. The molecule has 0 bridgehead atoms. The Labute approximate surface area is 187 Å². The molecule has 1 N–H and O–H groups in total. The van der Waals surface area contributed by atoms with Crippen molar-refractivity contribution in [2.45, 2.75) is 45.7 Å². The topological polar surface area (TPSA) is 103 Å². The molecule has 5 rings (SSSR count). The van der Waals surface area contributed by atoms with Crippen molar-refractivity contribution in [2.75, 3.05) is 31.6 Å². The van der Waals surface area contributed by atoms with Gasteiger partial charge in [0.1, 0.15) is 12.2 Å². The quantitative estimate of drug-likeness (QED) is 0.650. The van der Waals surface area contributed by atoms with Gasteiger partial charge in [0, 0.05) is 57.5 Å². The van der Waals surface area contributed by atoms with E-state index in [0.29, 0.717) is 25.6 Å². The maximum atomic E-state index is 12.9. The second-order valence-corrected chi connectivity index (χ2v) is 8.65. The van der Waals surface area contributed by atoms with Gasteiger partial charge in [-0.3, -0.25) is 9.48 Å². The number of rotatable bonds is 5.